The molecule has 3 aromatic carbocycles. The molecular formula is C33H32FN3O5. The van der Waals surface area contributed by atoms with Crippen LogP contribution < -0.4 is 9.47 Å². The van der Waals surface area contributed by atoms with E-state index >= 15 is 0 Å². The molecule has 1 N–H and O–H groups in total. The lowest BCUT2D eigenvalue weighted by Crippen LogP contribution is -2.29. The Morgan fingerprint density at radius 1 is 0.929 bits per heavy atom. The van der Waals surface area contributed by atoms with E-state index in [0.29, 0.717) is 39.8 Å². The van der Waals surface area contributed by atoms with Crippen LogP contribution >= 0.6 is 0 Å². The number of rotatable bonds is 8. The topological polar surface area (TPSA) is 95.2 Å². The Morgan fingerprint density at radius 2 is 1.64 bits per heavy atom. The number of aliphatic carboxylic acids is 1. The minimum absolute atomic E-state index is 0.384. The van der Waals surface area contributed by atoms with E-state index in [1.54, 1.807) is 24.6 Å². The Kier molecular flexibility index (Phi) is 7.71. The van der Waals surface area contributed by atoms with E-state index in [1.807, 2.05) is 75.4 Å². The Hall–Kier alpha value is -4.76. The lowest BCUT2D eigenvalue weighted by atomic mass is 9.98. The van der Waals surface area contributed by atoms with Gasteiger partial charge in [-0.15, -0.1) is 0 Å². The zero-order valence-electron chi connectivity index (χ0n) is 24.3. The summed E-state index contributed by atoms with van der Waals surface area (Å²) in [6.07, 6.45) is -1.29. The maximum absolute atomic E-state index is 13.8. The smallest absolute Gasteiger partial charge is 0.337 e. The van der Waals surface area contributed by atoms with E-state index in [9.17, 15) is 14.3 Å². The highest BCUT2D eigenvalue weighted by Gasteiger charge is 2.33. The molecule has 0 aliphatic rings. The average molecular weight is 570 g/mol. The molecule has 5 aromatic rings. The number of aromatic nitrogens is 3. The Bertz CT molecular complexity index is 1770. The predicted octanol–water partition coefficient (Wildman–Crippen LogP) is 7.14. The summed E-state index contributed by atoms with van der Waals surface area (Å²) < 4.78 is 32.3. The highest BCUT2D eigenvalue weighted by atomic mass is 19.1. The molecule has 42 heavy (non-hydrogen) atoms. The lowest BCUT2D eigenvalue weighted by molar-refractivity contribution is -0.160. The lowest BCUT2D eigenvalue weighted by Gasteiger charge is -2.27. The van der Waals surface area contributed by atoms with Crippen molar-refractivity contribution in [3.63, 3.8) is 0 Å². The number of carbonyl (C=O) groups is 1. The van der Waals surface area contributed by atoms with Crippen LogP contribution in [0.3, 0.4) is 0 Å². The summed E-state index contributed by atoms with van der Waals surface area (Å²) in [7, 11) is 3.09. The molecule has 1 atom stereocenters. The monoisotopic (exact) mass is 569 g/mol. The molecule has 0 bridgehead atoms. The van der Waals surface area contributed by atoms with Crippen LogP contribution in [0.15, 0.2) is 72.8 Å². The zero-order chi connectivity index (χ0) is 30.2. The number of halogens is 1. The number of carboxylic acids is 1. The molecule has 2 aromatic heterocycles. The summed E-state index contributed by atoms with van der Waals surface area (Å²) in [5.41, 5.74) is 5.00. The first kappa shape index (κ1) is 28.8. The van der Waals surface area contributed by atoms with E-state index in [1.165, 1.54) is 19.2 Å². The number of carboxylic acid groups (broad SMARTS) is 1. The standard InChI is InChI=1S/C33H32FN3O5/c1-19-29(31(32(38)39)42-33(2,3)4)30(20-10-13-24(40-5)14-11-20)37-28(35-19)18-26(36-37)22-9-7-8-21(16-22)25-15-12-23(34)17-27(25)41-6/h7-18,31H,1-6H3,(H,38,39)/t31-/m0/s1. The minimum atomic E-state index is -1.29. The first-order valence-electron chi connectivity index (χ1n) is 13.4. The third kappa shape index (κ3) is 5.69. The first-order chi connectivity index (χ1) is 20.0. The third-order valence-corrected chi connectivity index (χ3v) is 6.78. The molecule has 0 saturated heterocycles. The number of ether oxygens (including phenoxy) is 3. The van der Waals surface area contributed by atoms with Crippen molar-refractivity contribution >= 4 is 11.6 Å². The number of hydrogen-bond acceptors (Lipinski definition) is 6. The highest BCUT2D eigenvalue weighted by Crippen LogP contribution is 2.38. The van der Waals surface area contributed by atoms with Gasteiger partial charge in [0.2, 0.25) is 0 Å². The molecule has 0 aliphatic carbocycles. The second kappa shape index (κ2) is 11.3. The second-order valence-corrected chi connectivity index (χ2v) is 10.9. The van der Waals surface area contributed by atoms with E-state index in [-0.39, 0.29) is 5.82 Å². The van der Waals surface area contributed by atoms with Crippen LogP contribution in [0.1, 0.15) is 38.1 Å². The molecule has 0 radical (unpaired) electrons. The quantitative estimate of drug-likeness (QED) is 0.212. The molecule has 0 unspecified atom stereocenters. The summed E-state index contributed by atoms with van der Waals surface area (Å²) in [6, 6.07) is 21.3. The number of methoxy groups -OCH3 is 2. The Labute approximate surface area is 243 Å². The fraction of sp³-hybridized carbons (Fsp3) is 0.242. The average Bonchev–Trinajstić information content (AvgIpc) is 3.38. The molecule has 0 spiro atoms. The summed E-state index contributed by atoms with van der Waals surface area (Å²) in [5, 5.41) is 15.2. The second-order valence-electron chi connectivity index (χ2n) is 10.9. The van der Waals surface area contributed by atoms with Crippen molar-refractivity contribution in [2.24, 2.45) is 0 Å². The maximum atomic E-state index is 13.8. The first-order valence-corrected chi connectivity index (χ1v) is 13.4. The minimum Gasteiger partial charge on any atom is -0.497 e. The van der Waals surface area contributed by atoms with Crippen LogP contribution in [-0.4, -0.2) is 45.5 Å². The van der Waals surface area contributed by atoms with E-state index in [4.69, 9.17) is 24.3 Å². The van der Waals surface area contributed by atoms with E-state index in [0.717, 1.165) is 22.3 Å². The van der Waals surface area contributed by atoms with Gasteiger partial charge in [-0.1, -0.05) is 18.2 Å². The van der Waals surface area contributed by atoms with Gasteiger partial charge in [0.1, 0.15) is 17.3 Å². The van der Waals surface area contributed by atoms with Gasteiger partial charge in [-0.05, 0) is 75.7 Å². The third-order valence-electron chi connectivity index (χ3n) is 6.78. The summed E-state index contributed by atoms with van der Waals surface area (Å²) >= 11 is 0. The maximum Gasteiger partial charge on any atom is 0.337 e. The molecule has 0 amide bonds. The molecule has 2 heterocycles. The molecule has 216 valence electrons. The van der Waals surface area contributed by atoms with Gasteiger partial charge in [-0.25, -0.2) is 18.7 Å². The number of aryl methyl sites for hydroxylation is 1. The van der Waals surface area contributed by atoms with Crippen LogP contribution in [0.5, 0.6) is 11.5 Å². The van der Waals surface area contributed by atoms with Crippen molar-refractivity contribution in [1.29, 1.82) is 0 Å². The number of hydrogen-bond donors (Lipinski definition) is 1. The number of nitrogens with zero attached hydrogens (tertiary/aromatic N) is 3. The van der Waals surface area contributed by atoms with Gasteiger partial charge >= 0.3 is 5.97 Å². The SMILES string of the molecule is COc1ccc(-c2c([C@H](OC(C)(C)C)C(=O)O)c(C)nc3cc(-c4cccc(-c5ccc(F)cc5OC)c4)nn23)cc1. The zero-order valence-corrected chi connectivity index (χ0v) is 24.3. The largest absolute Gasteiger partial charge is 0.497 e. The Balaban J connectivity index is 1.73. The van der Waals surface area contributed by atoms with Crippen LogP contribution in [0.25, 0.3) is 39.3 Å². The van der Waals surface area contributed by atoms with Gasteiger partial charge in [0, 0.05) is 40.1 Å². The fourth-order valence-corrected chi connectivity index (χ4v) is 4.95. The van der Waals surface area contributed by atoms with E-state index < -0.39 is 17.7 Å². The highest BCUT2D eigenvalue weighted by molar-refractivity contribution is 5.81. The van der Waals surface area contributed by atoms with Crippen molar-refractivity contribution in [3.8, 4) is 45.1 Å². The van der Waals surface area contributed by atoms with Crippen molar-refractivity contribution < 1.29 is 28.5 Å². The molecular weight excluding hydrogens is 537 g/mol. The molecule has 0 saturated carbocycles. The molecule has 5 rings (SSSR count). The van der Waals surface area contributed by atoms with Gasteiger partial charge in [-0.3, -0.25) is 0 Å². The number of benzene rings is 3. The van der Waals surface area contributed by atoms with Crippen LogP contribution in [0.2, 0.25) is 0 Å². The van der Waals surface area contributed by atoms with E-state index in [2.05, 4.69) is 0 Å². The summed E-state index contributed by atoms with van der Waals surface area (Å²) in [5.74, 6) is -0.426. The summed E-state index contributed by atoms with van der Waals surface area (Å²) in [4.78, 5) is 17.3. The molecule has 8 nitrogen and oxygen atoms in total. The molecule has 9 heteroatoms. The normalized spacial score (nSPS) is 12.4. The van der Waals surface area contributed by atoms with Crippen molar-refractivity contribution in [2.75, 3.05) is 14.2 Å². The van der Waals surface area contributed by atoms with Gasteiger partial charge in [0.25, 0.3) is 0 Å². The van der Waals surface area contributed by atoms with Gasteiger partial charge in [-0.2, -0.15) is 5.10 Å². The van der Waals surface area contributed by atoms with Crippen molar-refractivity contribution in [2.45, 2.75) is 39.4 Å². The van der Waals surface area contributed by atoms with Crippen molar-refractivity contribution in [3.05, 3.63) is 89.9 Å². The van der Waals surface area contributed by atoms with Crippen LogP contribution in [0, 0.1) is 12.7 Å². The van der Waals surface area contributed by atoms with Gasteiger partial charge in [0.05, 0.1) is 31.2 Å². The number of fused-ring (bicyclic) bond motifs is 1. The van der Waals surface area contributed by atoms with Crippen LogP contribution in [-0.2, 0) is 9.53 Å². The predicted molar refractivity (Wildman–Crippen MR) is 158 cm³/mol. The van der Waals surface area contributed by atoms with Gasteiger partial charge in [0.15, 0.2) is 11.8 Å². The fourth-order valence-electron chi connectivity index (χ4n) is 4.95. The van der Waals surface area contributed by atoms with Gasteiger partial charge < -0.3 is 19.3 Å². The Morgan fingerprint density at radius 3 is 2.29 bits per heavy atom. The molecule has 0 fully saturated rings. The molecule has 0 aliphatic heterocycles. The summed E-state index contributed by atoms with van der Waals surface area (Å²) in [6.45, 7) is 7.21. The van der Waals surface area contributed by atoms with Crippen LogP contribution in [0.4, 0.5) is 4.39 Å². The van der Waals surface area contributed by atoms with Crippen molar-refractivity contribution in [1.82, 2.24) is 14.6 Å².